The van der Waals surface area contributed by atoms with Crippen LogP contribution >= 0.6 is 0 Å². The van der Waals surface area contributed by atoms with Gasteiger partial charge < -0.3 is 33.4 Å². The van der Waals surface area contributed by atoms with Crippen molar-refractivity contribution in [2.24, 2.45) is 5.92 Å². The highest BCUT2D eigenvalue weighted by Gasteiger charge is 2.48. The third-order valence-electron chi connectivity index (χ3n) is 15.4. The normalized spacial score (nSPS) is 19.6. The quantitative estimate of drug-likeness (QED) is 0.0391. The molecule has 4 aromatic carbocycles. The number of amides is 2. The third-order valence-corrected chi connectivity index (χ3v) is 20.9. The molecule has 0 radical (unpaired) electrons. The molecule has 2 fully saturated rings. The molecule has 4 aromatic heterocycles. The summed E-state index contributed by atoms with van der Waals surface area (Å²) >= 11 is 0. The Labute approximate surface area is 480 Å². The topological polar surface area (TPSA) is 276 Å². The zero-order valence-corrected chi connectivity index (χ0v) is 49.2. The smallest absolute Gasteiger partial charge is 0.336 e. The summed E-state index contributed by atoms with van der Waals surface area (Å²) in [5.41, 5.74) is 1.45. The van der Waals surface area contributed by atoms with E-state index in [0.29, 0.717) is 22.7 Å². The number of imidazole rings is 2. The van der Waals surface area contributed by atoms with Crippen molar-refractivity contribution in [1.82, 2.24) is 43.8 Å². The van der Waals surface area contributed by atoms with Crippen LogP contribution < -0.4 is 30.4 Å². The maximum Gasteiger partial charge on any atom is 0.336 e. The fourth-order valence-corrected chi connectivity index (χ4v) is 12.2. The van der Waals surface area contributed by atoms with Gasteiger partial charge in [-0.15, -0.1) is 0 Å². The number of nitrogens with one attached hydrogen (secondary N) is 4. The van der Waals surface area contributed by atoms with Gasteiger partial charge in [0, 0.05) is 30.9 Å². The molecule has 2 aliphatic heterocycles. The average Bonchev–Trinajstić information content (AvgIpc) is 2.46. The summed E-state index contributed by atoms with van der Waals surface area (Å²) < 4.78 is 80.1. The number of hydrogen-bond acceptors (Lipinski definition) is 17. The Bertz CT molecular complexity index is 3720. The summed E-state index contributed by atoms with van der Waals surface area (Å²) in [6.07, 6.45) is -1.12. The summed E-state index contributed by atoms with van der Waals surface area (Å²) in [5, 5.41) is 5.26. The number of nitrogens with zero attached hydrogens (tertiary/aromatic N) is 7. The van der Waals surface area contributed by atoms with Gasteiger partial charge in [0.2, 0.25) is 11.9 Å². The number of H-pyrrole nitrogens is 1. The number of methoxy groups -OCH3 is 2. The SMILES string of the molecule is COc1ccc(C(OC[C@H]2O[C@@H](n3cnc4c(NC(=O)c5ccccc5)ncnc43)C[C@@H]2OS(=O)(=O)NC[C@@H]2C[C@@H](O[Si](C)(C)C(C)(C)C)[C@H](n3cnc4c(=O)[nH]c(NC(=O)C(C)C)nc43)O2)(c2ccccc2)c2ccc(OC)cc2)cc1. The molecule has 10 rings (SSSR count). The highest BCUT2D eigenvalue weighted by molar-refractivity contribution is 7.84. The van der Waals surface area contributed by atoms with Crippen molar-refractivity contribution in [1.29, 1.82) is 0 Å². The molecule has 0 spiro atoms. The first kappa shape index (κ1) is 58.4. The van der Waals surface area contributed by atoms with Crippen LogP contribution in [-0.4, -0.2) is 119 Å². The zero-order valence-electron chi connectivity index (χ0n) is 47.4. The molecule has 6 atom stereocenters. The van der Waals surface area contributed by atoms with Crippen LogP contribution in [0.4, 0.5) is 11.8 Å². The van der Waals surface area contributed by atoms with Gasteiger partial charge in [0.25, 0.3) is 11.5 Å². The van der Waals surface area contributed by atoms with Crippen molar-refractivity contribution < 1.29 is 50.3 Å². The molecule has 2 saturated heterocycles. The van der Waals surface area contributed by atoms with E-state index in [1.54, 1.807) is 61.5 Å². The minimum Gasteiger partial charge on any atom is -0.497 e. The Kier molecular flexibility index (Phi) is 16.8. The molecule has 23 nitrogen and oxygen atoms in total. The molecule has 436 valence electrons. The minimum absolute atomic E-state index is 0.0100. The van der Waals surface area contributed by atoms with Crippen molar-refractivity contribution in [3.8, 4) is 11.5 Å². The number of anilines is 2. The van der Waals surface area contributed by atoms with Crippen LogP contribution in [0.3, 0.4) is 0 Å². The van der Waals surface area contributed by atoms with Gasteiger partial charge in [0.15, 0.2) is 42.7 Å². The molecule has 4 N–H and O–H groups in total. The van der Waals surface area contributed by atoms with Gasteiger partial charge in [-0.05, 0) is 71.2 Å². The van der Waals surface area contributed by atoms with Gasteiger partial charge in [-0.1, -0.05) is 107 Å². The predicted octanol–water partition coefficient (Wildman–Crippen LogP) is 8.02. The lowest BCUT2D eigenvalue weighted by molar-refractivity contribution is -0.118. The van der Waals surface area contributed by atoms with Gasteiger partial charge >= 0.3 is 10.3 Å². The van der Waals surface area contributed by atoms with Crippen LogP contribution in [0, 0.1) is 5.92 Å². The predicted molar refractivity (Wildman–Crippen MR) is 311 cm³/mol. The van der Waals surface area contributed by atoms with E-state index in [0.717, 1.165) is 16.7 Å². The molecule has 0 unspecified atom stereocenters. The lowest BCUT2D eigenvalue weighted by Gasteiger charge is -2.39. The van der Waals surface area contributed by atoms with E-state index in [-0.39, 0.29) is 65.4 Å². The van der Waals surface area contributed by atoms with Gasteiger partial charge in [0.1, 0.15) is 41.9 Å². The second kappa shape index (κ2) is 23.8. The highest BCUT2D eigenvalue weighted by atomic mass is 32.2. The van der Waals surface area contributed by atoms with Crippen molar-refractivity contribution >= 4 is 64.5 Å². The maximum atomic E-state index is 14.6. The highest BCUT2D eigenvalue weighted by Crippen LogP contribution is 2.45. The lowest BCUT2D eigenvalue weighted by Crippen LogP contribution is -2.45. The number of carbonyl (C=O) groups excluding carboxylic acids is 2. The second-order valence-electron chi connectivity index (χ2n) is 22.2. The number of aromatic amines is 1. The zero-order chi connectivity index (χ0) is 58.8. The molecule has 6 heterocycles. The van der Waals surface area contributed by atoms with Crippen molar-refractivity contribution in [2.75, 3.05) is 38.0 Å². The minimum atomic E-state index is -4.64. The number of ether oxygens (including phenoxy) is 5. The Balaban J connectivity index is 0.964. The van der Waals surface area contributed by atoms with Gasteiger partial charge in [-0.3, -0.25) is 38.0 Å². The average molecular weight is 1170 g/mol. The summed E-state index contributed by atoms with van der Waals surface area (Å²) in [6, 6.07) is 33.3. The first-order chi connectivity index (χ1) is 39.7. The van der Waals surface area contributed by atoms with Crippen LogP contribution in [0.1, 0.15) is 87.0 Å². The first-order valence-electron chi connectivity index (χ1n) is 27.1. The Morgan fingerprint density at radius 2 is 1.37 bits per heavy atom. The van der Waals surface area contributed by atoms with Crippen LogP contribution in [0.5, 0.6) is 11.5 Å². The standard InChI is InChI=1S/C58H67N11O12SSi/c1-35(2)52(70)66-56-65-51-48(54(72)67-56)62-34-69(51)55-44(81-83(8,9)57(3,4)5)28-42(78-55)30-63-82(73,74)80-43-29-46(68-33-61-47-49(59-32-60-50(47)68)64-53(71)36-16-12-10-13-17-36)79-45(43)31-77-58(37-18-14-11-15-19-37,38-20-24-40(75-6)25-21-38)39-22-26-41(76-7)27-23-39/h10-27,32-35,42-46,55,63H,28-31H2,1-9H3,(H,59,60,64,71)(H2,65,66,67,70,72)/t42-,43-,44+,45+,46+,55+/m0/s1. The van der Waals surface area contributed by atoms with E-state index in [9.17, 15) is 22.8 Å². The molecule has 0 saturated carbocycles. The molecule has 8 aromatic rings. The molecule has 83 heavy (non-hydrogen) atoms. The summed E-state index contributed by atoms with van der Waals surface area (Å²) in [5.74, 6) is 0.196. The van der Waals surface area contributed by atoms with Gasteiger partial charge in [-0.2, -0.15) is 18.1 Å². The van der Waals surface area contributed by atoms with E-state index in [1.165, 1.54) is 19.0 Å². The molecule has 2 aliphatic rings. The summed E-state index contributed by atoms with van der Waals surface area (Å²) in [4.78, 5) is 64.3. The van der Waals surface area contributed by atoms with Crippen LogP contribution in [0.15, 0.2) is 133 Å². The monoisotopic (exact) mass is 1170 g/mol. The maximum absolute atomic E-state index is 14.6. The molecular formula is C58H67N11O12SSi. The van der Waals surface area contributed by atoms with Crippen molar-refractivity contribution in [2.45, 2.75) is 108 Å². The molecule has 25 heteroatoms. The van der Waals surface area contributed by atoms with E-state index in [4.69, 9.17) is 32.3 Å². The Morgan fingerprint density at radius 1 is 0.759 bits per heavy atom. The van der Waals surface area contributed by atoms with E-state index in [2.05, 4.69) is 79.1 Å². The first-order valence-corrected chi connectivity index (χ1v) is 31.5. The van der Waals surface area contributed by atoms with E-state index < -0.39 is 78.5 Å². The Hall–Kier alpha value is -7.75. The van der Waals surface area contributed by atoms with Gasteiger partial charge in [0.05, 0.1) is 45.7 Å². The number of fused-ring (bicyclic) bond motifs is 2. The van der Waals surface area contributed by atoms with Gasteiger partial charge in [-0.25, -0.2) is 19.9 Å². The molecule has 0 bridgehead atoms. The summed E-state index contributed by atoms with van der Waals surface area (Å²) in [6.45, 7) is 13.5. The molecule has 2 amide bonds. The molecule has 0 aliphatic carbocycles. The van der Waals surface area contributed by atoms with Crippen molar-refractivity contribution in [3.63, 3.8) is 0 Å². The molecular weight excluding hydrogens is 1100 g/mol. The lowest BCUT2D eigenvalue weighted by atomic mass is 9.80. The number of rotatable bonds is 21. The van der Waals surface area contributed by atoms with E-state index >= 15 is 0 Å². The number of carbonyl (C=O) groups is 2. The van der Waals surface area contributed by atoms with E-state index in [1.807, 2.05) is 84.9 Å². The van der Waals surface area contributed by atoms with Crippen LogP contribution in [-0.2, 0) is 43.5 Å². The Morgan fingerprint density at radius 3 is 2.00 bits per heavy atom. The second-order valence-corrected chi connectivity index (χ2v) is 28.3. The van der Waals surface area contributed by atoms with Crippen molar-refractivity contribution in [3.05, 3.63) is 161 Å². The van der Waals surface area contributed by atoms with Crippen LogP contribution in [0.2, 0.25) is 18.1 Å². The fraction of sp³-hybridized carbons (Fsp3) is 0.379. The number of hydrogen-bond donors (Lipinski definition) is 4. The fourth-order valence-electron chi connectivity index (χ4n) is 9.91. The largest absolute Gasteiger partial charge is 0.497 e. The summed E-state index contributed by atoms with van der Waals surface area (Å²) in [7, 11) is -4.00. The number of aromatic nitrogens is 8. The van der Waals surface area contributed by atoms with Crippen LogP contribution in [0.25, 0.3) is 22.3 Å². The number of benzene rings is 4. The third kappa shape index (κ3) is 12.3.